The number of carbonyl (C=O) groups is 1. The first-order valence-corrected chi connectivity index (χ1v) is 9.65. The minimum atomic E-state index is -3.51. The van der Waals surface area contributed by atoms with Gasteiger partial charge in [-0.3, -0.25) is 4.79 Å². The summed E-state index contributed by atoms with van der Waals surface area (Å²) in [6.07, 6.45) is 1.38. The molecular formula is C12H17BrN2O4S2. The molecule has 0 unspecified atom stereocenters. The lowest BCUT2D eigenvalue weighted by molar-refractivity contribution is -0.142. The third-order valence-corrected chi connectivity index (χ3v) is 6.73. The molecule has 1 aromatic heterocycles. The molecule has 1 aliphatic heterocycles. The molecule has 1 fully saturated rings. The number of aliphatic carboxylic acids is 1. The monoisotopic (exact) mass is 396 g/mol. The molecule has 0 radical (unpaired) electrons. The first kappa shape index (κ1) is 16.9. The Hall–Kier alpha value is -0.480. The summed E-state index contributed by atoms with van der Waals surface area (Å²) in [4.78, 5) is 12.0. The molecule has 1 saturated heterocycles. The van der Waals surface area contributed by atoms with Crippen LogP contribution in [0.25, 0.3) is 0 Å². The SMILES string of the molecule is O=C(O)C1CCN(S(=O)(=O)NCCc2ccc(Br)s2)CC1. The van der Waals surface area contributed by atoms with E-state index in [4.69, 9.17) is 5.11 Å². The highest BCUT2D eigenvalue weighted by atomic mass is 79.9. The van der Waals surface area contributed by atoms with Crippen LogP contribution in [-0.2, 0) is 21.4 Å². The number of carboxylic acid groups (broad SMARTS) is 1. The maximum atomic E-state index is 12.1. The van der Waals surface area contributed by atoms with Gasteiger partial charge >= 0.3 is 5.97 Å². The number of nitrogens with zero attached hydrogens (tertiary/aromatic N) is 1. The quantitative estimate of drug-likeness (QED) is 0.765. The molecule has 0 spiro atoms. The Bertz CT molecular complexity index is 594. The summed E-state index contributed by atoms with van der Waals surface area (Å²) in [7, 11) is -3.51. The Balaban J connectivity index is 1.81. The lowest BCUT2D eigenvalue weighted by Gasteiger charge is -2.29. The smallest absolute Gasteiger partial charge is 0.306 e. The van der Waals surface area contributed by atoms with Gasteiger partial charge in [-0.1, -0.05) is 0 Å². The summed E-state index contributed by atoms with van der Waals surface area (Å²) in [5, 5.41) is 8.91. The highest BCUT2D eigenvalue weighted by Crippen LogP contribution is 2.22. The van der Waals surface area contributed by atoms with Gasteiger partial charge in [0.25, 0.3) is 10.2 Å². The molecule has 2 rings (SSSR count). The van der Waals surface area contributed by atoms with Gasteiger partial charge in [0.2, 0.25) is 0 Å². The van der Waals surface area contributed by atoms with Crippen molar-refractivity contribution in [2.75, 3.05) is 19.6 Å². The van der Waals surface area contributed by atoms with E-state index in [-0.39, 0.29) is 13.1 Å². The maximum Gasteiger partial charge on any atom is 0.306 e. The normalized spacial score (nSPS) is 18.0. The van der Waals surface area contributed by atoms with Gasteiger partial charge in [0.15, 0.2) is 0 Å². The molecule has 0 saturated carbocycles. The van der Waals surface area contributed by atoms with Crippen LogP contribution in [0.4, 0.5) is 0 Å². The van der Waals surface area contributed by atoms with Gasteiger partial charge in [0.05, 0.1) is 9.70 Å². The first-order valence-electron chi connectivity index (χ1n) is 6.60. The maximum absolute atomic E-state index is 12.1. The minimum absolute atomic E-state index is 0.261. The predicted molar refractivity (Wildman–Crippen MR) is 84.6 cm³/mol. The van der Waals surface area contributed by atoms with Crippen molar-refractivity contribution in [3.63, 3.8) is 0 Å². The van der Waals surface area contributed by atoms with Gasteiger partial charge in [-0.15, -0.1) is 11.3 Å². The predicted octanol–water partition coefficient (Wildman–Crippen LogP) is 1.68. The number of rotatable bonds is 6. The fourth-order valence-electron chi connectivity index (χ4n) is 2.22. The number of halogens is 1. The number of nitrogens with one attached hydrogen (secondary N) is 1. The van der Waals surface area contributed by atoms with Crippen LogP contribution in [-0.4, -0.2) is 43.4 Å². The molecule has 21 heavy (non-hydrogen) atoms. The summed E-state index contributed by atoms with van der Waals surface area (Å²) >= 11 is 4.95. The lowest BCUT2D eigenvalue weighted by atomic mass is 9.99. The van der Waals surface area contributed by atoms with Gasteiger partial charge in [-0.05, 0) is 47.3 Å². The molecule has 2 N–H and O–H groups in total. The summed E-state index contributed by atoms with van der Waals surface area (Å²) in [6.45, 7) is 0.863. The van der Waals surface area contributed by atoms with Crippen molar-refractivity contribution in [2.45, 2.75) is 19.3 Å². The molecule has 0 atom stereocenters. The second-order valence-corrected chi connectivity index (χ2v) is 9.17. The van der Waals surface area contributed by atoms with E-state index in [9.17, 15) is 13.2 Å². The molecule has 2 heterocycles. The molecule has 6 nitrogen and oxygen atoms in total. The Morgan fingerprint density at radius 3 is 2.62 bits per heavy atom. The summed E-state index contributed by atoms with van der Waals surface area (Å²) in [6, 6.07) is 3.90. The van der Waals surface area contributed by atoms with Gasteiger partial charge in [0.1, 0.15) is 0 Å². The Kier molecular flexibility index (Phi) is 5.78. The standard InChI is InChI=1S/C12H17BrN2O4S2/c13-11-2-1-10(20-11)3-6-14-21(18,19)15-7-4-9(5-8-15)12(16)17/h1-2,9,14H,3-8H2,(H,16,17). The first-order chi connectivity index (χ1) is 9.88. The van der Waals surface area contributed by atoms with Crippen molar-refractivity contribution in [1.29, 1.82) is 0 Å². The van der Waals surface area contributed by atoms with Crippen molar-refractivity contribution in [3.8, 4) is 0 Å². The molecule has 0 aliphatic carbocycles. The van der Waals surface area contributed by atoms with Crippen LogP contribution in [0.1, 0.15) is 17.7 Å². The van der Waals surface area contributed by atoms with Crippen LogP contribution in [0, 0.1) is 5.92 Å². The number of hydrogen-bond donors (Lipinski definition) is 2. The zero-order valence-corrected chi connectivity index (χ0v) is 14.5. The third kappa shape index (κ3) is 4.75. The number of carboxylic acids is 1. The number of hydrogen-bond acceptors (Lipinski definition) is 4. The fraction of sp³-hybridized carbons (Fsp3) is 0.583. The second-order valence-electron chi connectivity index (χ2n) is 4.87. The summed E-state index contributed by atoms with van der Waals surface area (Å²) in [5.74, 6) is -1.27. The molecule has 0 aromatic carbocycles. The van der Waals surface area contributed by atoms with E-state index in [1.807, 2.05) is 12.1 Å². The van der Waals surface area contributed by atoms with Gasteiger partial charge in [-0.2, -0.15) is 12.7 Å². The Morgan fingerprint density at radius 2 is 2.10 bits per heavy atom. The van der Waals surface area contributed by atoms with E-state index in [2.05, 4.69) is 20.7 Å². The summed E-state index contributed by atoms with van der Waals surface area (Å²) < 4.78 is 29.2. The highest BCUT2D eigenvalue weighted by Gasteiger charge is 2.30. The fourth-order valence-corrected chi connectivity index (χ4v) is 4.94. The van der Waals surface area contributed by atoms with E-state index in [1.165, 1.54) is 4.31 Å². The zero-order chi connectivity index (χ0) is 15.5. The topological polar surface area (TPSA) is 86.7 Å². The minimum Gasteiger partial charge on any atom is -0.481 e. The van der Waals surface area contributed by atoms with Crippen LogP contribution in [0.2, 0.25) is 0 Å². The van der Waals surface area contributed by atoms with Crippen molar-refractivity contribution >= 4 is 43.4 Å². The van der Waals surface area contributed by atoms with E-state index >= 15 is 0 Å². The van der Waals surface area contributed by atoms with Crippen LogP contribution in [0.5, 0.6) is 0 Å². The van der Waals surface area contributed by atoms with Crippen molar-refractivity contribution < 1.29 is 18.3 Å². The van der Waals surface area contributed by atoms with Gasteiger partial charge in [0, 0.05) is 24.5 Å². The van der Waals surface area contributed by atoms with Crippen LogP contribution >= 0.6 is 27.3 Å². The second kappa shape index (κ2) is 7.19. The van der Waals surface area contributed by atoms with E-state index < -0.39 is 22.1 Å². The molecule has 0 amide bonds. The third-order valence-electron chi connectivity index (χ3n) is 3.43. The number of thiophene rings is 1. The Morgan fingerprint density at radius 1 is 1.43 bits per heavy atom. The summed E-state index contributed by atoms with van der Waals surface area (Å²) in [5.41, 5.74) is 0. The van der Waals surface area contributed by atoms with Crippen molar-refractivity contribution in [3.05, 3.63) is 20.8 Å². The van der Waals surface area contributed by atoms with Gasteiger partial charge in [-0.25, -0.2) is 4.72 Å². The van der Waals surface area contributed by atoms with Crippen molar-refractivity contribution in [2.24, 2.45) is 5.92 Å². The van der Waals surface area contributed by atoms with Gasteiger partial charge < -0.3 is 5.11 Å². The average molecular weight is 397 g/mol. The zero-order valence-electron chi connectivity index (χ0n) is 11.3. The Labute approximate surface area is 136 Å². The largest absolute Gasteiger partial charge is 0.481 e. The van der Waals surface area contributed by atoms with E-state index in [0.717, 1.165) is 8.66 Å². The lowest BCUT2D eigenvalue weighted by Crippen LogP contribution is -2.46. The molecule has 1 aromatic rings. The van der Waals surface area contributed by atoms with Crippen LogP contribution in [0.3, 0.4) is 0 Å². The van der Waals surface area contributed by atoms with Crippen LogP contribution in [0.15, 0.2) is 15.9 Å². The average Bonchev–Trinajstić information content (AvgIpc) is 2.84. The molecular weight excluding hydrogens is 380 g/mol. The number of piperidine rings is 1. The molecule has 118 valence electrons. The van der Waals surface area contributed by atoms with E-state index in [1.54, 1.807) is 11.3 Å². The van der Waals surface area contributed by atoms with Crippen LogP contribution < -0.4 is 4.72 Å². The highest BCUT2D eigenvalue weighted by molar-refractivity contribution is 9.11. The van der Waals surface area contributed by atoms with E-state index in [0.29, 0.717) is 25.8 Å². The molecule has 0 bridgehead atoms. The molecule has 1 aliphatic rings. The molecule has 9 heteroatoms. The van der Waals surface area contributed by atoms with Crippen molar-refractivity contribution in [1.82, 2.24) is 9.03 Å².